The molecule has 58 valence electrons. The third-order valence-corrected chi connectivity index (χ3v) is 1.77. The maximum Gasteiger partial charge on any atom is 0.176 e. The van der Waals surface area contributed by atoms with Gasteiger partial charge in [0.2, 0.25) is 0 Å². The van der Waals surface area contributed by atoms with Crippen molar-refractivity contribution in [3.05, 3.63) is 0 Å². The summed E-state index contributed by atoms with van der Waals surface area (Å²) in [6, 6.07) is 0. The molecule has 0 radical (unpaired) electrons. The van der Waals surface area contributed by atoms with Gasteiger partial charge in [0.1, 0.15) is 0 Å². The van der Waals surface area contributed by atoms with Crippen LogP contribution in [0.25, 0.3) is 0 Å². The first-order chi connectivity index (χ1) is 4.50. The second-order valence-electron chi connectivity index (χ2n) is 2.98. The summed E-state index contributed by atoms with van der Waals surface area (Å²) in [6.07, 6.45) is 1.77. The van der Waals surface area contributed by atoms with Gasteiger partial charge in [0, 0.05) is 0 Å². The predicted octanol–water partition coefficient (Wildman–Crippen LogP) is 0.464. The normalized spacial score (nSPS) is 16.0. The lowest BCUT2D eigenvalue weighted by molar-refractivity contribution is 0.0176. The molecule has 0 rings (SSSR count). The first kappa shape index (κ1) is 9.25. The molecule has 3 heteroatoms. The maximum atomic E-state index is 9.51. The van der Waals surface area contributed by atoms with E-state index in [9.17, 15) is 5.11 Å². The number of nitriles is 1. The van der Waals surface area contributed by atoms with Gasteiger partial charge in [-0.05, 0) is 12.8 Å². The summed E-state index contributed by atoms with van der Waals surface area (Å²) in [5, 5.41) is 20.1. The van der Waals surface area contributed by atoms with Gasteiger partial charge in [0.25, 0.3) is 0 Å². The Hall–Kier alpha value is -0.750. The van der Waals surface area contributed by atoms with Crippen LogP contribution >= 0.6 is 0 Å². The molecule has 0 bridgehead atoms. The molecule has 0 spiro atoms. The number of nitrogens with zero attached hydrogens (tertiary/aromatic N) is 1. The Labute approximate surface area is 61.7 Å². The molecule has 0 amide bonds. The van der Waals surface area contributed by atoms with Gasteiger partial charge in [0.05, 0.1) is 12.1 Å². The summed E-state index contributed by atoms with van der Waals surface area (Å²) in [4.78, 5) is 0. The van der Waals surface area contributed by atoms with Gasteiger partial charge < -0.3 is 10.4 Å². The van der Waals surface area contributed by atoms with Crippen molar-refractivity contribution in [3.63, 3.8) is 0 Å². The van der Waals surface area contributed by atoms with Gasteiger partial charge in [0.15, 0.2) is 6.19 Å². The lowest BCUT2D eigenvalue weighted by Crippen LogP contribution is -2.40. The SMILES string of the molecule is CC(C)C(C)(O)CNC#N. The van der Waals surface area contributed by atoms with Crippen molar-refractivity contribution < 1.29 is 5.11 Å². The third kappa shape index (κ3) is 2.70. The number of hydrogen-bond donors (Lipinski definition) is 2. The fourth-order valence-corrected chi connectivity index (χ4v) is 0.423. The molecule has 0 aromatic rings. The van der Waals surface area contributed by atoms with Crippen LogP contribution in [0.1, 0.15) is 20.8 Å². The molecule has 0 aromatic carbocycles. The monoisotopic (exact) mass is 142 g/mol. The number of rotatable bonds is 3. The molecule has 0 aliphatic rings. The minimum absolute atomic E-state index is 0.161. The highest BCUT2D eigenvalue weighted by Crippen LogP contribution is 2.13. The molecule has 2 N–H and O–H groups in total. The Bertz CT molecular complexity index is 135. The van der Waals surface area contributed by atoms with Crippen molar-refractivity contribution in [1.29, 1.82) is 5.26 Å². The van der Waals surface area contributed by atoms with Gasteiger partial charge in [-0.3, -0.25) is 0 Å². The van der Waals surface area contributed by atoms with E-state index in [1.807, 2.05) is 13.8 Å². The molecule has 1 atom stereocenters. The van der Waals surface area contributed by atoms with E-state index in [1.165, 1.54) is 0 Å². The molecule has 10 heavy (non-hydrogen) atoms. The van der Waals surface area contributed by atoms with Gasteiger partial charge >= 0.3 is 0 Å². The van der Waals surface area contributed by atoms with Gasteiger partial charge in [-0.2, -0.15) is 5.26 Å². The van der Waals surface area contributed by atoms with Crippen molar-refractivity contribution >= 4 is 0 Å². The van der Waals surface area contributed by atoms with Crippen LogP contribution in [0.2, 0.25) is 0 Å². The summed E-state index contributed by atoms with van der Waals surface area (Å²) >= 11 is 0. The van der Waals surface area contributed by atoms with Gasteiger partial charge in [-0.25, -0.2) is 0 Å². The van der Waals surface area contributed by atoms with Crippen LogP contribution in [-0.2, 0) is 0 Å². The summed E-state index contributed by atoms with van der Waals surface area (Å²) in [6.45, 7) is 5.86. The molecule has 0 heterocycles. The quantitative estimate of drug-likeness (QED) is 0.444. The Kier molecular flexibility index (Phi) is 3.17. The van der Waals surface area contributed by atoms with Crippen molar-refractivity contribution in [2.75, 3.05) is 6.54 Å². The summed E-state index contributed by atoms with van der Waals surface area (Å²) < 4.78 is 0. The van der Waals surface area contributed by atoms with E-state index in [4.69, 9.17) is 5.26 Å². The highest BCUT2D eigenvalue weighted by molar-refractivity contribution is 4.82. The first-order valence-corrected chi connectivity index (χ1v) is 3.35. The fraction of sp³-hybridized carbons (Fsp3) is 0.857. The molecular formula is C7H14N2O. The van der Waals surface area contributed by atoms with Crippen LogP contribution in [0.4, 0.5) is 0 Å². The highest BCUT2D eigenvalue weighted by Gasteiger charge is 2.23. The van der Waals surface area contributed by atoms with Crippen molar-refractivity contribution in [2.45, 2.75) is 26.4 Å². The van der Waals surface area contributed by atoms with E-state index in [2.05, 4.69) is 5.32 Å². The lowest BCUT2D eigenvalue weighted by Gasteiger charge is -2.26. The first-order valence-electron chi connectivity index (χ1n) is 3.35. The highest BCUT2D eigenvalue weighted by atomic mass is 16.3. The second-order valence-corrected chi connectivity index (χ2v) is 2.98. The van der Waals surface area contributed by atoms with E-state index in [0.29, 0.717) is 6.54 Å². The summed E-state index contributed by atoms with van der Waals surface area (Å²) in [5.41, 5.74) is -0.782. The smallest absolute Gasteiger partial charge is 0.176 e. The molecule has 0 saturated carbocycles. The zero-order chi connectivity index (χ0) is 8.20. The number of nitrogens with one attached hydrogen (secondary N) is 1. The van der Waals surface area contributed by atoms with E-state index < -0.39 is 5.60 Å². The minimum Gasteiger partial charge on any atom is -0.388 e. The van der Waals surface area contributed by atoms with Crippen LogP contribution < -0.4 is 5.32 Å². The average molecular weight is 142 g/mol. The molecule has 0 aliphatic heterocycles. The molecule has 0 fully saturated rings. The number of hydrogen-bond acceptors (Lipinski definition) is 3. The molecule has 1 unspecified atom stereocenters. The maximum absolute atomic E-state index is 9.51. The van der Waals surface area contributed by atoms with Crippen molar-refractivity contribution in [3.8, 4) is 6.19 Å². The van der Waals surface area contributed by atoms with E-state index >= 15 is 0 Å². The van der Waals surface area contributed by atoms with Gasteiger partial charge in [-0.1, -0.05) is 13.8 Å². The Balaban J connectivity index is 3.77. The van der Waals surface area contributed by atoms with Crippen LogP contribution in [0.5, 0.6) is 0 Å². The number of aliphatic hydroxyl groups is 1. The van der Waals surface area contributed by atoms with Crippen molar-refractivity contribution in [1.82, 2.24) is 5.32 Å². The van der Waals surface area contributed by atoms with Crippen LogP contribution in [-0.4, -0.2) is 17.3 Å². The molecule has 0 aliphatic carbocycles. The molecule has 0 aromatic heterocycles. The fourth-order valence-electron chi connectivity index (χ4n) is 0.423. The van der Waals surface area contributed by atoms with E-state index in [0.717, 1.165) is 0 Å². The lowest BCUT2D eigenvalue weighted by atomic mass is 9.93. The van der Waals surface area contributed by atoms with Crippen molar-refractivity contribution in [2.24, 2.45) is 5.92 Å². The minimum atomic E-state index is -0.782. The van der Waals surface area contributed by atoms with Crippen LogP contribution in [0.3, 0.4) is 0 Å². The average Bonchev–Trinajstić information content (AvgIpc) is 1.84. The Morgan fingerprint density at radius 3 is 2.50 bits per heavy atom. The van der Waals surface area contributed by atoms with Gasteiger partial charge in [-0.15, -0.1) is 0 Å². The topological polar surface area (TPSA) is 56.0 Å². The molecular weight excluding hydrogens is 128 g/mol. The largest absolute Gasteiger partial charge is 0.388 e. The Morgan fingerprint density at radius 1 is 1.70 bits per heavy atom. The van der Waals surface area contributed by atoms with Crippen LogP contribution in [0.15, 0.2) is 0 Å². The summed E-state index contributed by atoms with van der Waals surface area (Å²) in [7, 11) is 0. The zero-order valence-electron chi connectivity index (χ0n) is 6.68. The van der Waals surface area contributed by atoms with Crippen LogP contribution in [0, 0.1) is 17.4 Å². The molecule has 3 nitrogen and oxygen atoms in total. The Morgan fingerprint density at radius 2 is 2.20 bits per heavy atom. The zero-order valence-corrected chi connectivity index (χ0v) is 6.68. The second kappa shape index (κ2) is 3.43. The summed E-state index contributed by atoms with van der Waals surface area (Å²) in [5.74, 6) is 0.161. The van der Waals surface area contributed by atoms with E-state index in [-0.39, 0.29) is 5.92 Å². The third-order valence-electron chi connectivity index (χ3n) is 1.77. The predicted molar refractivity (Wildman–Crippen MR) is 39.1 cm³/mol. The standard InChI is InChI=1S/C7H14N2O/c1-6(2)7(3,10)4-9-5-8/h6,9-10H,4H2,1-3H3. The molecule has 0 saturated heterocycles. The van der Waals surface area contributed by atoms with E-state index in [1.54, 1.807) is 13.1 Å².